The van der Waals surface area contributed by atoms with Crippen LogP contribution >= 0.6 is 23.4 Å². The van der Waals surface area contributed by atoms with Crippen LogP contribution in [0.25, 0.3) is 0 Å². The van der Waals surface area contributed by atoms with Crippen LogP contribution < -0.4 is 5.32 Å². The summed E-state index contributed by atoms with van der Waals surface area (Å²) >= 11 is 7.83. The zero-order valence-corrected chi connectivity index (χ0v) is 13.2. The van der Waals surface area contributed by atoms with Gasteiger partial charge in [0.2, 0.25) is 0 Å². The second-order valence-electron chi connectivity index (χ2n) is 5.00. The fourth-order valence-corrected chi connectivity index (χ4v) is 5.26. The van der Waals surface area contributed by atoms with Crippen LogP contribution in [0.4, 0.5) is 5.69 Å². The first-order chi connectivity index (χ1) is 9.56. The number of rotatable bonds is 3. The van der Waals surface area contributed by atoms with Crippen LogP contribution in [-0.4, -0.2) is 31.6 Å². The topological polar surface area (TPSA) is 58.5 Å². The Bertz CT molecular complexity index is 652. The maximum atomic E-state index is 11.8. The molecule has 0 radical (unpaired) electrons. The minimum Gasteiger partial charge on any atom is -0.385 e. The smallest absolute Gasteiger partial charge is 0.284 e. The minimum absolute atomic E-state index is 0.0517. The van der Waals surface area contributed by atoms with Crippen molar-refractivity contribution in [3.8, 4) is 0 Å². The number of halogens is 1. The highest BCUT2D eigenvalue weighted by molar-refractivity contribution is 7.99. The predicted octanol–water partition coefficient (Wildman–Crippen LogP) is 2.93. The summed E-state index contributed by atoms with van der Waals surface area (Å²) in [5.74, 6) is 3.10. The summed E-state index contributed by atoms with van der Waals surface area (Å²) in [7, 11) is -3.61. The van der Waals surface area contributed by atoms with Crippen molar-refractivity contribution in [2.75, 3.05) is 23.4 Å². The Morgan fingerprint density at radius 3 is 2.85 bits per heavy atom. The highest BCUT2D eigenvalue weighted by Gasteiger charge is 2.28. The van der Waals surface area contributed by atoms with Gasteiger partial charge in [-0.15, -0.1) is 4.40 Å². The van der Waals surface area contributed by atoms with Crippen molar-refractivity contribution in [1.82, 2.24) is 0 Å². The summed E-state index contributed by atoms with van der Waals surface area (Å²) in [6.45, 7) is 0.883. The Hall–Kier alpha value is -0.720. The normalized spacial score (nSPS) is 21.4. The van der Waals surface area contributed by atoms with Crippen LogP contribution in [0.1, 0.15) is 18.4 Å². The zero-order chi connectivity index (χ0) is 14.2. The van der Waals surface area contributed by atoms with E-state index in [4.69, 9.17) is 11.6 Å². The van der Waals surface area contributed by atoms with E-state index in [2.05, 4.69) is 9.71 Å². The molecule has 1 N–H and O–H groups in total. The van der Waals surface area contributed by atoms with Crippen molar-refractivity contribution in [2.24, 2.45) is 10.3 Å². The number of nitrogens with zero attached hydrogens (tertiary/aromatic N) is 1. The maximum absolute atomic E-state index is 11.8. The van der Waals surface area contributed by atoms with Gasteiger partial charge < -0.3 is 5.32 Å². The second-order valence-corrected chi connectivity index (χ2v) is 8.16. The van der Waals surface area contributed by atoms with Crippen LogP contribution in [0.5, 0.6) is 0 Å². The van der Waals surface area contributed by atoms with E-state index < -0.39 is 10.0 Å². The van der Waals surface area contributed by atoms with E-state index >= 15 is 0 Å². The lowest BCUT2D eigenvalue weighted by Gasteiger charge is -2.22. The van der Waals surface area contributed by atoms with Crippen molar-refractivity contribution in [2.45, 2.75) is 17.7 Å². The van der Waals surface area contributed by atoms with Gasteiger partial charge in [0.1, 0.15) is 4.90 Å². The molecule has 3 rings (SSSR count). The Kier molecular flexibility index (Phi) is 3.97. The molecule has 0 bridgehead atoms. The van der Waals surface area contributed by atoms with Gasteiger partial charge in [-0.3, -0.25) is 0 Å². The molecule has 0 aliphatic carbocycles. The van der Waals surface area contributed by atoms with Gasteiger partial charge in [0, 0.05) is 17.8 Å². The lowest BCUT2D eigenvalue weighted by atomic mass is 10.0. The van der Waals surface area contributed by atoms with Crippen LogP contribution in [0.15, 0.2) is 27.5 Å². The summed E-state index contributed by atoms with van der Waals surface area (Å²) in [6.07, 6.45) is 2.44. The molecule has 0 aromatic heterocycles. The number of hydrogen-bond donors (Lipinski definition) is 1. The molecule has 7 heteroatoms. The molecule has 4 nitrogen and oxygen atoms in total. The van der Waals surface area contributed by atoms with E-state index in [9.17, 15) is 8.42 Å². The minimum atomic E-state index is -3.61. The van der Waals surface area contributed by atoms with Gasteiger partial charge in [-0.2, -0.15) is 20.2 Å². The summed E-state index contributed by atoms with van der Waals surface area (Å²) in [5.41, 5.74) is 1.30. The van der Waals surface area contributed by atoms with Crippen molar-refractivity contribution in [3.05, 3.63) is 23.8 Å². The van der Waals surface area contributed by atoms with E-state index in [0.717, 1.165) is 12.2 Å². The van der Waals surface area contributed by atoms with Gasteiger partial charge in [0.15, 0.2) is 5.17 Å². The largest absolute Gasteiger partial charge is 0.385 e. The molecule has 0 spiro atoms. The maximum Gasteiger partial charge on any atom is 0.284 e. The molecule has 2 aliphatic heterocycles. The van der Waals surface area contributed by atoms with Crippen molar-refractivity contribution in [1.29, 1.82) is 0 Å². The molecule has 2 heterocycles. The lowest BCUT2D eigenvalue weighted by molar-refractivity contribution is 0.516. The number of thioether (sulfide) groups is 1. The molecule has 0 amide bonds. The summed E-state index contributed by atoms with van der Waals surface area (Å²) < 4.78 is 27.1. The second kappa shape index (κ2) is 5.58. The number of benzene rings is 1. The highest BCUT2D eigenvalue weighted by Crippen LogP contribution is 2.30. The molecular weight excluding hydrogens is 316 g/mol. The highest BCUT2D eigenvalue weighted by atomic mass is 35.5. The number of anilines is 1. The SMILES string of the molecule is O=S1(=O)N=C(Cl)c2ccc(NCC3CCSCC3)cc21. The summed E-state index contributed by atoms with van der Waals surface area (Å²) in [4.78, 5) is 0.201. The molecule has 1 saturated heterocycles. The monoisotopic (exact) mass is 330 g/mol. The summed E-state index contributed by atoms with van der Waals surface area (Å²) in [6, 6.07) is 5.20. The van der Waals surface area contributed by atoms with Gasteiger partial charge in [-0.1, -0.05) is 11.6 Å². The molecule has 0 atom stereocenters. The van der Waals surface area contributed by atoms with Gasteiger partial charge >= 0.3 is 0 Å². The molecule has 2 aliphatic rings. The lowest BCUT2D eigenvalue weighted by Crippen LogP contribution is -2.19. The first kappa shape index (κ1) is 14.2. The molecule has 0 saturated carbocycles. The third kappa shape index (κ3) is 2.82. The molecular formula is C13H15ClN2O2S2. The van der Waals surface area contributed by atoms with E-state index in [1.807, 2.05) is 17.8 Å². The third-order valence-electron chi connectivity index (χ3n) is 3.62. The first-order valence-electron chi connectivity index (χ1n) is 6.53. The van der Waals surface area contributed by atoms with E-state index in [0.29, 0.717) is 11.5 Å². The van der Waals surface area contributed by atoms with E-state index in [1.54, 1.807) is 12.1 Å². The van der Waals surface area contributed by atoms with Gasteiger partial charge in [0.25, 0.3) is 10.0 Å². The summed E-state index contributed by atoms with van der Waals surface area (Å²) in [5, 5.41) is 3.38. The molecule has 1 aromatic carbocycles. The Morgan fingerprint density at radius 1 is 1.35 bits per heavy atom. The quantitative estimate of drug-likeness (QED) is 0.925. The van der Waals surface area contributed by atoms with Crippen LogP contribution in [-0.2, 0) is 10.0 Å². The fourth-order valence-electron chi connectivity index (χ4n) is 2.43. The van der Waals surface area contributed by atoms with Gasteiger partial charge in [-0.05, 0) is 48.5 Å². The average Bonchev–Trinajstić information content (AvgIpc) is 2.67. The van der Waals surface area contributed by atoms with Crippen LogP contribution in [0.3, 0.4) is 0 Å². The first-order valence-corrected chi connectivity index (χ1v) is 9.50. The van der Waals surface area contributed by atoms with Gasteiger partial charge in [0.05, 0.1) is 0 Å². The number of nitrogens with one attached hydrogen (secondary N) is 1. The molecule has 1 aromatic rings. The van der Waals surface area contributed by atoms with Crippen molar-refractivity contribution < 1.29 is 8.42 Å². The third-order valence-corrected chi connectivity index (χ3v) is 6.37. The standard InChI is InChI=1S/C13H15ClN2O2S2/c14-13-11-2-1-10(7-12(11)20(17,18)16-13)15-8-9-3-5-19-6-4-9/h1-2,7,9,15H,3-6,8H2. The van der Waals surface area contributed by atoms with Crippen LogP contribution in [0.2, 0.25) is 0 Å². The Balaban J connectivity index is 1.74. The Labute approximate surface area is 128 Å². The fraction of sp³-hybridized carbons (Fsp3) is 0.462. The van der Waals surface area contributed by atoms with Crippen molar-refractivity contribution >= 4 is 44.2 Å². The van der Waals surface area contributed by atoms with Crippen molar-refractivity contribution in [3.63, 3.8) is 0 Å². The molecule has 1 fully saturated rings. The zero-order valence-electron chi connectivity index (χ0n) is 10.8. The van der Waals surface area contributed by atoms with E-state index in [1.165, 1.54) is 24.3 Å². The predicted molar refractivity (Wildman–Crippen MR) is 84.6 cm³/mol. The average molecular weight is 331 g/mol. The molecule has 108 valence electrons. The number of hydrogen-bond acceptors (Lipinski definition) is 4. The number of sulfonamides is 1. The van der Waals surface area contributed by atoms with Crippen LogP contribution in [0, 0.1) is 5.92 Å². The molecule has 20 heavy (non-hydrogen) atoms. The number of fused-ring (bicyclic) bond motifs is 1. The van der Waals surface area contributed by atoms with E-state index in [-0.39, 0.29) is 10.1 Å². The molecule has 0 unspecified atom stereocenters. The Morgan fingerprint density at radius 2 is 2.10 bits per heavy atom. The van der Waals surface area contributed by atoms with Gasteiger partial charge in [-0.25, -0.2) is 0 Å².